The number of nitrogens with zero attached hydrogens (tertiary/aromatic N) is 2. The second kappa shape index (κ2) is 8.18. The van der Waals surface area contributed by atoms with Crippen molar-refractivity contribution in [2.24, 2.45) is 5.41 Å². The quantitative estimate of drug-likeness (QED) is 0.516. The topological polar surface area (TPSA) is 76.2 Å². The highest BCUT2D eigenvalue weighted by atomic mass is 19.4. The summed E-state index contributed by atoms with van der Waals surface area (Å²) < 4.78 is 53.8. The Morgan fingerprint density at radius 1 is 0.939 bits per heavy atom. The van der Waals surface area contributed by atoms with Crippen LogP contribution in [0.3, 0.4) is 0 Å². The highest BCUT2D eigenvalue weighted by molar-refractivity contribution is 6.05. The second-order valence-electron chi connectivity index (χ2n) is 7.83. The number of hydrogen-bond donors (Lipinski definition) is 0. The van der Waals surface area contributed by atoms with Crippen LogP contribution in [0, 0.1) is 5.41 Å². The number of ether oxygens (including phenoxy) is 2. The van der Waals surface area contributed by atoms with Crippen LogP contribution in [0.25, 0.3) is 0 Å². The molecule has 0 spiro atoms. The molecule has 1 saturated heterocycles. The van der Waals surface area contributed by atoms with E-state index >= 15 is 0 Å². The first-order chi connectivity index (χ1) is 15.7. The molecular weight excluding hydrogens is 441 g/mol. The number of amides is 1. The van der Waals surface area contributed by atoms with Crippen molar-refractivity contribution in [2.75, 3.05) is 20.8 Å². The zero-order valence-electron chi connectivity index (χ0n) is 17.8. The Morgan fingerprint density at radius 2 is 1.52 bits per heavy atom. The van der Waals surface area contributed by atoms with Gasteiger partial charge in [-0.2, -0.15) is 13.2 Å². The van der Waals surface area contributed by atoms with Gasteiger partial charge >= 0.3 is 18.1 Å². The number of carbonyl (C=O) groups excluding carboxylic acids is 3. The minimum Gasteiger partial charge on any atom is -0.468 e. The summed E-state index contributed by atoms with van der Waals surface area (Å²) in [5, 5.41) is 1.65. The average molecular weight is 462 g/mol. The van der Waals surface area contributed by atoms with Crippen molar-refractivity contribution in [3.05, 3.63) is 71.3 Å². The van der Waals surface area contributed by atoms with Crippen LogP contribution in [0.5, 0.6) is 0 Å². The Hall–Kier alpha value is -3.40. The standard InChI is InChI=1S/C23H21F3N2O5/c1-32-20(30)22(21(31)33-2)17-16-11-7-6-8-14(16)12-13-27(17)28(19(22)23(24,25)26)18(29)15-9-4-3-5-10-15/h3-11,17,19H,12-13H2,1-2H3/t17-,19-/m0/s1. The number of alkyl halides is 3. The molecule has 2 atom stereocenters. The van der Waals surface area contributed by atoms with E-state index in [2.05, 4.69) is 0 Å². The molecule has 10 heteroatoms. The van der Waals surface area contributed by atoms with E-state index < -0.39 is 41.5 Å². The number of halogens is 3. The Labute approximate surface area is 187 Å². The number of rotatable bonds is 3. The molecule has 7 nitrogen and oxygen atoms in total. The molecule has 2 heterocycles. The first-order valence-corrected chi connectivity index (χ1v) is 10.2. The van der Waals surface area contributed by atoms with E-state index in [-0.39, 0.29) is 12.1 Å². The van der Waals surface area contributed by atoms with Gasteiger partial charge < -0.3 is 9.47 Å². The Bertz CT molecular complexity index is 1070. The first kappa shape index (κ1) is 22.8. The van der Waals surface area contributed by atoms with Crippen molar-refractivity contribution >= 4 is 17.8 Å². The molecule has 2 aromatic rings. The molecule has 1 fully saturated rings. The highest BCUT2D eigenvalue weighted by Crippen LogP contribution is 2.58. The summed E-state index contributed by atoms with van der Waals surface area (Å²) in [5.41, 5.74) is -1.90. The van der Waals surface area contributed by atoms with Gasteiger partial charge in [0.2, 0.25) is 5.41 Å². The largest absolute Gasteiger partial charge is 0.468 e. The van der Waals surface area contributed by atoms with Crippen LogP contribution in [0.2, 0.25) is 0 Å². The fourth-order valence-corrected chi connectivity index (χ4v) is 4.97. The lowest BCUT2D eigenvalue weighted by Gasteiger charge is -2.38. The minimum absolute atomic E-state index is 0.0186. The van der Waals surface area contributed by atoms with Crippen molar-refractivity contribution in [3.63, 3.8) is 0 Å². The number of benzene rings is 2. The Balaban J connectivity index is 2.05. The van der Waals surface area contributed by atoms with E-state index in [1.54, 1.807) is 30.3 Å². The fraction of sp³-hybridized carbons (Fsp3) is 0.348. The molecule has 1 amide bonds. The predicted octanol–water partition coefficient (Wildman–Crippen LogP) is 2.92. The summed E-state index contributed by atoms with van der Waals surface area (Å²) in [5.74, 6) is -3.84. The van der Waals surface area contributed by atoms with Gasteiger partial charge in [-0.05, 0) is 29.7 Å². The summed E-state index contributed by atoms with van der Waals surface area (Å²) in [6, 6.07) is 9.70. The van der Waals surface area contributed by atoms with E-state index in [1.165, 1.54) is 24.3 Å². The molecular formula is C23H21F3N2O5. The van der Waals surface area contributed by atoms with Gasteiger partial charge in [0.05, 0.1) is 20.3 Å². The number of fused-ring (bicyclic) bond motifs is 3. The van der Waals surface area contributed by atoms with Crippen LogP contribution >= 0.6 is 0 Å². The van der Waals surface area contributed by atoms with E-state index in [1.807, 2.05) is 0 Å². The minimum atomic E-state index is -5.17. The molecule has 0 aromatic heterocycles. The van der Waals surface area contributed by atoms with E-state index in [9.17, 15) is 27.6 Å². The normalized spacial score (nSPS) is 21.7. The van der Waals surface area contributed by atoms with Gasteiger partial charge in [0.25, 0.3) is 5.91 Å². The van der Waals surface area contributed by atoms with E-state index in [4.69, 9.17) is 9.47 Å². The summed E-state index contributed by atoms with van der Waals surface area (Å²) in [7, 11) is 1.81. The molecule has 2 aromatic carbocycles. The lowest BCUT2D eigenvalue weighted by Crippen LogP contribution is -2.60. The number of esters is 2. The third-order valence-electron chi connectivity index (χ3n) is 6.23. The van der Waals surface area contributed by atoms with Crippen molar-refractivity contribution < 1.29 is 37.0 Å². The van der Waals surface area contributed by atoms with Crippen molar-refractivity contribution in [1.29, 1.82) is 0 Å². The van der Waals surface area contributed by atoms with Crippen molar-refractivity contribution in [3.8, 4) is 0 Å². The van der Waals surface area contributed by atoms with Crippen molar-refractivity contribution in [2.45, 2.75) is 24.7 Å². The zero-order valence-corrected chi connectivity index (χ0v) is 17.8. The van der Waals surface area contributed by atoms with Gasteiger partial charge in [-0.25, -0.2) is 5.01 Å². The Morgan fingerprint density at radius 3 is 2.09 bits per heavy atom. The maximum Gasteiger partial charge on any atom is 0.412 e. The maximum absolute atomic E-state index is 14.8. The summed E-state index contributed by atoms with van der Waals surface area (Å²) >= 11 is 0. The summed E-state index contributed by atoms with van der Waals surface area (Å²) in [6.45, 7) is -0.0252. The second-order valence-corrected chi connectivity index (χ2v) is 7.83. The van der Waals surface area contributed by atoms with Gasteiger partial charge in [-0.3, -0.25) is 19.4 Å². The van der Waals surface area contributed by atoms with E-state index in [0.717, 1.165) is 19.2 Å². The van der Waals surface area contributed by atoms with Crippen LogP contribution in [0.15, 0.2) is 54.6 Å². The van der Waals surface area contributed by atoms with Gasteiger partial charge in [0.15, 0.2) is 6.04 Å². The SMILES string of the molecule is COC(=O)C1(C(=O)OC)[C@@H]2c3ccccc3CCN2N(C(=O)c2ccccc2)[C@@H]1C(F)(F)F. The van der Waals surface area contributed by atoms with Gasteiger partial charge in [-0.1, -0.05) is 42.5 Å². The van der Waals surface area contributed by atoms with Crippen LogP contribution in [-0.2, 0) is 25.5 Å². The molecule has 4 rings (SSSR count). The third-order valence-corrected chi connectivity index (χ3v) is 6.23. The molecule has 174 valence electrons. The summed E-state index contributed by atoms with van der Waals surface area (Å²) in [4.78, 5) is 39.8. The van der Waals surface area contributed by atoms with Crippen molar-refractivity contribution in [1.82, 2.24) is 10.0 Å². The lowest BCUT2D eigenvalue weighted by atomic mass is 9.70. The van der Waals surface area contributed by atoms with Gasteiger partial charge in [0, 0.05) is 12.1 Å². The molecule has 0 aliphatic carbocycles. The Kier molecular flexibility index (Phi) is 5.65. The molecule has 33 heavy (non-hydrogen) atoms. The van der Waals surface area contributed by atoms with Crippen LogP contribution in [0.4, 0.5) is 13.2 Å². The molecule has 0 N–H and O–H groups in total. The van der Waals surface area contributed by atoms with Crippen LogP contribution in [-0.4, -0.2) is 60.8 Å². The molecule has 0 radical (unpaired) electrons. The molecule has 0 saturated carbocycles. The fourth-order valence-electron chi connectivity index (χ4n) is 4.97. The molecule has 2 aliphatic rings. The highest BCUT2D eigenvalue weighted by Gasteiger charge is 2.77. The van der Waals surface area contributed by atoms with E-state index in [0.29, 0.717) is 22.6 Å². The molecule has 0 bridgehead atoms. The summed E-state index contributed by atoms with van der Waals surface area (Å²) in [6.07, 6.45) is -4.85. The number of hydrogen-bond acceptors (Lipinski definition) is 6. The first-order valence-electron chi connectivity index (χ1n) is 10.2. The molecule has 2 aliphatic heterocycles. The number of carbonyl (C=O) groups is 3. The third kappa shape index (κ3) is 3.28. The number of methoxy groups -OCH3 is 2. The lowest BCUT2D eigenvalue weighted by molar-refractivity contribution is -0.216. The van der Waals surface area contributed by atoms with Crippen LogP contribution in [0.1, 0.15) is 27.5 Å². The van der Waals surface area contributed by atoms with Gasteiger partial charge in [0.1, 0.15) is 0 Å². The van der Waals surface area contributed by atoms with Crippen LogP contribution < -0.4 is 0 Å². The van der Waals surface area contributed by atoms with Gasteiger partial charge in [-0.15, -0.1) is 0 Å². The average Bonchev–Trinajstić information content (AvgIpc) is 3.16. The predicted molar refractivity (Wildman–Crippen MR) is 109 cm³/mol. The zero-order chi connectivity index (χ0) is 24.0. The number of hydrazine groups is 1. The smallest absolute Gasteiger partial charge is 0.412 e. The monoisotopic (exact) mass is 462 g/mol. The molecule has 0 unspecified atom stereocenters. The maximum atomic E-state index is 14.8.